The van der Waals surface area contributed by atoms with E-state index in [1.54, 1.807) is 19.1 Å². The van der Waals surface area contributed by atoms with E-state index in [9.17, 15) is 13.2 Å². The monoisotopic (exact) mass is 292 g/mol. The molecule has 2 aromatic carbocycles. The number of benzene rings is 2. The van der Waals surface area contributed by atoms with Gasteiger partial charge in [0.25, 0.3) is 0 Å². The molecule has 0 heterocycles. The lowest BCUT2D eigenvalue weighted by atomic mass is 10.1. The summed E-state index contributed by atoms with van der Waals surface area (Å²) >= 11 is 0. The second-order valence-electron chi connectivity index (χ2n) is 4.44. The van der Waals surface area contributed by atoms with Gasteiger partial charge in [-0.3, -0.25) is 0 Å². The number of aryl methyl sites for hydroxylation is 1. The van der Waals surface area contributed by atoms with Crippen LogP contribution < -0.4 is 10.5 Å². The maximum Gasteiger partial charge on any atom is 0.417 e. The number of nitriles is 1. The van der Waals surface area contributed by atoms with Crippen LogP contribution in [0.15, 0.2) is 36.4 Å². The van der Waals surface area contributed by atoms with Crippen molar-refractivity contribution < 1.29 is 17.9 Å². The SMILES string of the molecule is Cc1ccc(N)cc1Oc1ccc(C#N)c(C(F)(F)F)c1. The highest BCUT2D eigenvalue weighted by Crippen LogP contribution is 2.36. The van der Waals surface area contributed by atoms with Crippen molar-refractivity contribution in [2.45, 2.75) is 13.1 Å². The quantitative estimate of drug-likeness (QED) is 0.841. The maximum absolute atomic E-state index is 12.9. The fraction of sp³-hybridized carbons (Fsp3) is 0.133. The topological polar surface area (TPSA) is 59.0 Å². The van der Waals surface area contributed by atoms with E-state index in [1.807, 2.05) is 0 Å². The molecule has 0 aliphatic carbocycles. The molecule has 2 rings (SSSR count). The van der Waals surface area contributed by atoms with Gasteiger partial charge in [-0.05, 0) is 36.8 Å². The van der Waals surface area contributed by atoms with Crippen molar-refractivity contribution in [3.63, 3.8) is 0 Å². The molecule has 2 N–H and O–H groups in total. The van der Waals surface area contributed by atoms with Gasteiger partial charge in [0.15, 0.2) is 0 Å². The normalized spacial score (nSPS) is 11.0. The van der Waals surface area contributed by atoms with Gasteiger partial charge < -0.3 is 10.5 Å². The van der Waals surface area contributed by atoms with Gasteiger partial charge in [0.2, 0.25) is 0 Å². The number of hydrogen-bond acceptors (Lipinski definition) is 3. The van der Waals surface area contributed by atoms with Crippen LogP contribution in [0.25, 0.3) is 0 Å². The van der Waals surface area contributed by atoms with Crippen molar-refractivity contribution >= 4 is 5.69 Å². The molecule has 0 spiro atoms. The van der Waals surface area contributed by atoms with Crippen LogP contribution in [0.1, 0.15) is 16.7 Å². The largest absolute Gasteiger partial charge is 0.457 e. The molecule has 0 radical (unpaired) electrons. The van der Waals surface area contributed by atoms with Crippen LogP contribution in [-0.2, 0) is 6.18 Å². The van der Waals surface area contributed by atoms with E-state index in [-0.39, 0.29) is 5.75 Å². The number of alkyl halides is 3. The first-order valence-electron chi connectivity index (χ1n) is 5.96. The van der Waals surface area contributed by atoms with Crippen molar-refractivity contribution in [2.24, 2.45) is 0 Å². The molecular weight excluding hydrogens is 281 g/mol. The summed E-state index contributed by atoms with van der Waals surface area (Å²) < 4.78 is 44.0. The van der Waals surface area contributed by atoms with Crippen LogP contribution in [0.2, 0.25) is 0 Å². The highest BCUT2D eigenvalue weighted by Gasteiger charge is 2.34. The minimum Gasteiger partial charge on any atom is -0.457 e. The predicted octanol–water partition coefficient (Wildman–Crippen LogP) is 4.26. The molecule has 2 aromatic rings. The number of halogens is 3. The Labute approximate surface area is 119 Å². The molecule has 0 saturated carbocycles. The zero-order chi connectivity index (χ0) is 15.6. The molecule has 0 saturated heterocycles. The average molecular weight is 292 g/mol. The fourth-order valence-corrected chi connectivity index (χ4v) is 1.77. The van der Waals surface area contributed by atoms with Crippen LogP contribution >= 0.6 is 0 Å². The van der Waals surface area contributed by atoms with Gasteiger partial charge in [-0.2, -0.15) is 18.4 Å². The lowest BCUT2D eigenvalue weighted by Gasteiger charge is -2.13. The maximum atomic E-state index is 12.9. The number of anilines is 1. The lowest BCUT2D eigenvalue weighted by Crippen LogP contribution is -2.08. The molecule has 0 aliphatic heterocycles. The van der Waals surface area contributed by atoms with E-state index in [1.165, 1.54) is 18.2 Å². The average Bonchev–Trinajstić information content (AvgIpc) is 2.42. The molecule has 0 bridgehead atoms. The summed E-state index contributed by atoms with van der Waals surface area (Å²) in [5.74, 6) is 0.364. The van der Waals surface area contributed by atoms with Crippen molar-refractivity contribution in [1.82, 2.24) is 0 Å². The summed E-state index contributed by atoms with van der Waals surface area (Å²) in [5, 5.41) is 8.74. The van der Waals surface area contributed by atoms with Crippen LogP contribution in [0.3, 0.4) is 0 Å². The Morgan fingerprint density at radius 2 is 1.86 bits per heavy atom. The van der Waals surface area contributed by atoms with E-state index in [2.05, 4.69) is 0 Å². The number of nitrogens with zero attached hydrogens (tertiary/aromatic N) is 1. The molecule has 0 fully saturated rings. The Kier molecular flexibility index (Phi) is 3.76. The van der Waals surface area contributed by atoms with Crippen molar-refractivity contribution in [2.75, 3.05) is 5.73 Å². The molecule has 0 atom stereocenters. The molecule has 0 aliphatic rings. The van der Waals surface area contributed by atoms with Gasteiger partial charge in [0, 0.05) is 11.8 Å². The summed E-state index contributed by atoms with van der Waals surface area (Å²) in [6.07, 6.45) is -4.62. The summed E-state index contributed by atoms with van der Waals surface area (Å²) in [6.45, 7) is 1.75. The first-order valence-corrected chi connectivity index (χ1v) is 5.96. The number of rotatable bonds is 2. The number of hydrogen-bond donors (Lipinski definition) is 1. The highest BCUT2D eigenvalue weighted by molar-refractivity contribution is 5.51. The Bertz CT molecular complexity index is 718. The molecule has 0 amide bonds. The van der Waals surface area contributed by atoms with E-state index < -0.39 is 17.3 Å². The summed E-state index contributed by atoms with van der Waals surface area (Å²) in [7, 11) is 0. The summed E-state index contributed by atoms with van der Waals surface area (Å²) in [5.41, 5.74) is 5.34. The first kappa shape index (κ1) is 14.7. The molecule has 6 heteroatoms. The van der Waals surface area contributed by atoms with Crippen molar-refractivity contribution in [3.05, 3.63) is 53.1 Å². The van der Waals surface area contributed by atoms with E-state index in [4.69, 9.17) is 15.7 Å². The number of ether oxygens (including phenoxy) is 1. The van der Waals surface area contributed by atoms with Crippen LogP contribution in [0.5, 0.6) is 11.5 Å². The van der Waals surface area contributed by atoms with Crippen molar-refractivity contribution in [1.29, 1.82) is 5.26 Å². The second-order valence-corrected chi connectivity index (χ2v) is 4.44. The first-order chi connectivity index (χ1) is 9.81. The Morgan fingerprint density at radius 1 is 1.14 bits per heavy atom. The Morgan fingerprint density at radius 3 is 2.48 bits per heavy atom. The van der Waals surface area contributed by atoms with Gasteiger partial charge in [-0.25, -0.2) is 0 Å². The van der Waals surface area contributed by atoms with Crippen molar-refractivity contribution in [3.8, 4) is 17.6 Å². The highest BCUT2D eigenvalue weighted by atomic mass is 19.4. The Hall–Kier alpha value is -2.68. The molecule has 21 heavy (non-hydrogen) atoms. The fourth-order valence-electron chi connectivity index (χ4n) is 1.77. The molecular formula is C15H11F3N2O. The standard InChI is InChI=1S/C15H11F3N2O/c1-9-2-4-11(20)6-14(9)21-12-5-3-10(8-19)13(7-12)15(16,17)18/h2-7H,20H2,1H3. The third-order valence-electron chi connectivity index (χ3n) is 2.86. The number of nitrogens with two attached hydrogens (primary N) is 1. The predicted molar refractivity (Wildman–Crippen MR) is 71.8 cm³/mol. The lowest BCUT2D eigenvalue weighted by molar-refractivity contribution is -0.137. The third-order valence-corrected chi connectivity index (χ3v) is 2.86. The zero-order valence-electron chi connectivity index (χ0n) is 11.0. The van der Waals surface area contributed by atoms with Gasteiger partial charge in [-0.1, -0.05) is 6.07 Å². The summed E-state index contributed by atoms with van der Waals surface area (Å²) in [6, 6.07) is 9.63. The summed E-state index contributed by atoms with van der Waals surface area (Å²) in [4.78, 5) is 0. The van der Waals surface area contributed by atoms with E-state index in [0.717, 1.165) is 17.7 Å². The van der Waals surface area contributed by atoms with Gasteiger partial charge in [0.05, 0.1) is 17.2 Å². The molecule has 0 aromatic heterocycles. The minimum absolute atomic E-state index is 0.00461. The smallest absolute Gasteiger partial charge is 0.417 e. The Balaban J connectivity index is 2.42. The zero-order valence-corrected chi connectivity index (χ0v) is 11.0. The van der Waals surface area contributed by atoms with Crippen LogP contribution in [0.4, 0.5) is 18.9 Å². The van der Waals surface area contributed by atoms with Gasteiger partial charge in [0.1, 0.15) is 11.5 Å². The third kappa shape index (κ3) is 3.26. The van der Waals surface area contributed by atoms with E-state index in [0.29, 0.717) is 11.4 Å². The van der Waals surface area contributed by atoms with Crippen LogP contribution in [-0.4, -0.2) is 0 Å². The minimum atomic E-state index is -4.62. The molecule has 108 valence electrons. The van der Waals surface area contributed by atoms with E-state index >= 15 is 0 Å². The van der Waals surface area contributed by atoms with Gasteiger partial charge in [-0.15, -0.1) is 0 Å². The molecule has 3 nitrogen and oxygen atoms in total. The number of nitrogen functional groups attached to an aromatic ring is 1. The second kappa shape index (κ2) is 5.37. The van der Waals surface area contributed by atoms with Gasteiger partial charge >= 0.3 is 6.18 Å². The van der Waals surface area contributed by atoms with Crippen LogP contribution in [0, 0.1) is 18.3 Å². The molecule has 0 unspecified atom stereocenters.